The summed E-state index contributed by atoms with van der Waals surface area (Å²) >= 11 is 0. The molecule has 11 heteroatoms. The Morgan fingerprint density at radius 3 is 2.39 bits per heavy atom. The molecule has 0 spiro atoms. The van der Waals surface area contributed by atoms with Crippen LogP contribution in [0.25, 0.3) is 10.9 Å². The summed E-state index contributed by atoms with van der Waals surface area (Å²) in [5.41, 5.74) is -3.05. The van der Waals surface area contributed by atoms with E-state index in [2.05, 4.69) is 15.3 Å². The van der Waals surface area contributed by atoms with Crippen LogP contribution in [0.15, 0.2) is 73.2 Å². The van der Waals surface area contributed by atoms with Crippen LogP contribution in [0.5, 0.6) is 0 Å². The molecule has 1 atom stereocenters. The normalized spacial score (nSPS) is 13.6. The van der Waals surface area contributed by atoms with E-state index in [1.165, 1.54) is 41.4 Å². The van der Waals surface area contributed by atoms with Crippen LogP contribution in [0.1, 0.15) is 11.1 Å². The number of aromatic nitrogens is 3. The topological polar surface area (TPSA) is 106 Å². The van der Waals surface area contributed by atoms with Gasteiger partial charge in [0.2, 0.25) is 11.5 Å². The average molecular weight is 457 g/mol. The molecule has 170 valence electrons. The second-order valence-corrected chi connectivity index (χ2v) is 7.40. The molecule has 0 saturated heterocycles. The minimum absolute atomic E-state index is 0.0483. The molecule has 2 aromatic carbocycles. The Morgan fingerprint density at radius 2 is 1.76 bits per heavy atom. The number of aliphatic hydroxyl groups is 1. The van der Waals surface area contributed by atoms with Crippen LogP contribution >= 0.6 is 0 Å². The highest BCUT2D eigenvalue weighted by molar-refractivity contribution is 5.87. The number of fused-ring (bicyclic) bond motifs is 1. The van der Waals surface area contributed by atoms with Gasteiger partial charge in [-0.05, 0) is 17.7 Å². The van der Waals surface area contributed by atoms with Gasteiger partial charge in [0.15, 0.2) is 0 Å². The standard InChI is InChI=1S/C22H18F3N5O3/c23-22(24,25)21(31,14-28-20-26-9-4-10-27-20)18-13-29(12-15-5-2-1-3-6-15)19-11-16(30(32)33)7-8-17(18)19/h1-11,13,31H,12,14H2,(H,26,27,28). The van der Waals surface area contributed by atoms with E-state index in [1.54, 1.807) is 30.3 Å². The second kappa shape index (κ2) is 8.51. The quantitative estimate of drug-likeness (QED) is 0.318. The van der Waals surface area contributed by atoms with Crippen molar-refractivity contribution < 1.29 is 23.2 Å². The van der Waals surface area contributed by atoms with E-state index in [9.17, 15) is 28.4 Å². The number of anilines is 1. The molecular formula is C22H18F3N5O3. The first kappa shape index (κ1) is 22.2. The molecule has 0 bridgehead atoms. The zero-order valence-corrected chi connectivity index (χ0v) is 17.0. The number of alkyl halides is 3. The van der Waals surface area contributed by atoms with Gasteiger partial charge >= 0.3 is 6.18 Å². The number of rotatable bonds is 7. The van der Waals surface area contributed by atoms with Gasteiger partial charge in [0.1, 0.15) is 0 Å². The SMILES string of the molecule is O=[N+]([O-])c1ccc2c(C(O)(CNc3ncccn3)C(F)(F)F)cn(Cc3ccccc3)c2c1. The van der Waals surface area contributed by atoms with Crippen LogP contribution in [0.2, 0.25) is 0 Å². The van der Waals surface area contributed by atoms with Crippen molar-refractivity contribution >= 4 is 22.5 Å². The summed E-state index contributed by atoms with van der Waals surface area (Å²) in [6.07, 6.45) is -1.18. The molecule has 2 heterocycles. The molecule has 0 aliphatic carbocycles. The zero-order chi connectivity index (χ0) is 23.6. The highest BCUT2D eigenvalue weighted by atomic mass is 19.4. The summed E-state index contributed by atoms with van der Waals surface area (Å²) in [6.45, 7) is -0.802. The van der Waals surface area contributed by atoms with Crippen molar-refractivity contribution in [1.29, 1.82) is 0 Å². The molecule has 4 aromatic rings. The number of halogens is 3. The maximum Gasteiger partial charge on any atom is 0.423 e. The van der Waals surface area contributed by atoms with E-state index in [1.807, 2.05) is 0 Å². The fourth-order valence-corrected chi connectivity index (χ4v) is 3.58. The molecule has 0 aliphatic rings. The van der Waals surface area contributed by atoms with Crippen molar-refractivity contribution in [3.05, 3.63) is 94.4 Å². The molecule has 0 amide bonds. The number of hydrogen-bond acceptors (Lipinski definition) is 6. The van der Waals surface area contributed by atoms with E-state index >= 15 is 0 Å². The third kappa shape index (κ3) is 4.35. The fourth-order valence-electron chi connectivity index (χ4n) is 3.58. The molecule has 0 radical (unpaired) electrons. The minimum atomic E-state index is -5.07. The molecule has 1 unspecified atom stereocenters. The molecule has 0 saturated carbocycles. The molecule has 2 N–H and O–H groups in total. The lowest BCUT2D eigenvalue weighted by Crippen LogP contribution is -2.47. The van der Waals surface area contributed by atoms with Crippen molar-refractivity contribution in [2.75, 3.05) is 11.9 Å². The Kier molecular flexibility index (Phi) is 5.73. The maximum atomic E-state index is 14.2. The predicted molar refractivity (Wildman–Crippen MR) is 115 cm³/mol. The molecule has 4 rings (SSSR count). The van der Waals surface area contributed by atoms with E-state index < -0.39 is 28.8 Å². The lowest BCUT2D eigenvalue weighted by atomic mass is 9.92. The van der Waals surface area contributed by atoms with Gasteiger partial charge in [-0.15, -0.1) is 0 Å². The molecule has 8 nitrogen and oxygen atoms in total. The van der Waals surface area contributed by atoms with Gasteiger partial charge in [0.05, 0.1) is 17.0 Å². The smallest absolute Gasteiger partial charge is 0.375 e. The summed E-state index contributed by atoms with van der Waals surface area (Å²) in [7, 11) is 0. The van der Waals surface area contributed by atoms with Crippen LogP contribution < -0.4 is 5.32 Å². The maximum absolute atomic E-state index is 14.2. The van der Waals surface area contributed by atoms with E-state index in [-0.39, 0.29) is 29.1 Å². The Balaban J connectivity index is 1.85. The van der Waals surface area contributed by atoms with E-state index in [4.69, 9.17) is 0 Å². The first-order valence-electron chi connectivity index (χ1n) is 9.81. The Bertz CT molecular complexity index is 1280. The Hall–Kier alpha value is -3.99. The fraction of sp³-hybridized carbons (Fsp3) is 0.182. The van der Waals surface area contributed by atoms with Gasteiger partial charge in [-0.2, -0.15) is 13.2 Å². The van der Waals surface area contributed by atoms with E-state index in [0.717, 1.165) is 11.6 Å². The largest absolute Gasteiger partial charge is 0.423 e. The first-order chi connectivity index (χ1) is 15.7. The minimum Gasteiger partial charge on any atom is -0.375 e. The number of nitro groups is 1. The number of nitrogens with zero attached hydrogens (tertiary/aromatic N) is 4. The summed E-state index contributed by atoms with van der Waals surface area (Å²) in [6, 6.07) is 14.0. The number of hydrogen-bond donors (Lipinski definition) is 2. The molecule has 0 fully saturated rings. The summed E-state index contributed by atoms with van der Waals surface area (Å²) in [4.78, 5) is 18.3. The van der Waals surface area contributed by atoms with Crippen molar-refractivity contribution in [3.8, 4) is 0 Å². The predicted octanol–water partition coefficient (Wildman–Crippen LogP) is 4.25. The van der Waals surface area contributed by atoms with Gasteiger partial charge < -0.3 is 15.0 Å². The second-order valence-electron chi connectivity index (χ2n) is 7.40. The summed E-state index contributed by atoms with van der Waals surface area (Å²) < 4.78 is 44.1. The van der Waals surface area contributed by atoms with Crippen LogP contribution in [0.4, 0.5) is 24.8 Å². The van der Waals surface area contributed by atoms with Crippen molar-refractivity contribution in [1.82, 2.24) is 14.5 Å². The third-order valence-electron chi connectivity index (χ3n) is 5.26. The van der Waals surface area contributed by atoms with Crippen molar-refractivity contribution in [2.45, 2.75) is 18.3 Å². The third-order valence-corrected chi connectivity index (χ3v) is 5.26. The lowest BCUT2D eigenvalue weighted by molar-refractivity contribution is -0.384. The average Bonchev–Trinajstić information content (AvgIpc) is 3.16. The van der Waals surface area contributed by atoms with Crippen LogP contribution in [-0.2, 0) is 12.1 Å². The van der Waals surface area contributed by atoms with Crippen LogP contribution in [0.3, 0.4) is 0 Å². The molecule has 2 aromatic heterocycles. The first-order valence-corrected chi connectivity index (χ1v) is 9.81. The van der Waals surface area contributed by atoms with Crippen LogP contribution in [0, 0.1) is 10.1 Å². The number of nitrogens with one attached hydrogen (secondary N) is 1. The van der Waals surface area contributed by atoms with E-state index in [0.29, 0.717) is 0 Å². The lowest BCUT2D eigenvalue weighted by Gasteiger charge is -2.30. The molecule has 33 heavy (non-hydrogen) atoms. The number of nitro benzene ring substituents is 1. The molecule has 0 aliphatic heterocycles. The summed E-state index contributed by atoms with van der Waals surface area (Å²) in [5.74, 6) is -0.0798. The number of benzene rings is 2. The highest BCUT2D eigenvalue weighted by Gasteiger charge is 2.56. The highest BCUT2D eigenvalue weighted by Crippen LogP contribution is 2.43. The zero-order valence-electron chi connectivity index (χ0n) is 17.0. The summed E-state index contributed by atoms with van der Waals surface area (Å²) in [5, 5.41) is 24.7. The van der Waals surface area contributed by atoms with Crippen LogP contribution in [-0.4, -0.2) is 37.3 Å². The van der Waals surface area contributed by atoms with Gasteiger partial charge in [0.25, 0.3) is 5.69 Å². The Morgan fingerprint density at radius 1 is 1.06 bits per heavy atom. The molecular weight excluding hydrogens is 439 g/mol. The van der Waals surface area contributed by atoms with Gasteiger partial charge in [-0.1, -0.05) is 30.3 Å². The Labute approximate surface area is 185 Å². The van der Waals surface area contributed by atoms with Gasteiger partial charge in [-0.25, -0.2) is 9.97 Å². The monoisotopic (exact) mass is 457 g/mol. The van der Waals surface area contributed by atoms with Crippen molar-refractivity contribution in [2.24, 2.45) is 0 Å². The number of non-ortho nitro benzene ring substituents is 1. The van der Waals surface area contributed by atoms with Gasteiger partial charge in [0, 0.05) is 48.2 Å². The van der Waals surface area contributed by atoms with Gasteiger partial charge in [-0.3, -0.25) is 10.1 Å². The van der Waals surface area contributed by atoms with Crippen molar-refractivity contribution in [3.63, 3.8) is 0 Å².